The Bertz CT molecular complexity index is 612. The third-order valence-electron chi connectivity index (χ3n) is 3.68. The molecule has 0 amide bonds. The van der Waals surface area contributed by atoms with E-state index in [0.29, 0.717) is 12.1 Å². The quantitative estimate of drug-likeness (QED) is 0.815. The van der Waals surface area contributed by atoms with Crippen molar-refractivity contribution in [3.05, 3.63) is 23.8 Å². The van der Waals surface area contributed by atoms with Crippen LogP contribution in [0.1, 0.15) is 50.3 Å². The molecule has 0 spiro atoms. The molecule has 0 aromatic carbocycles. The first kappa shape index (κ1) is 17.3. The van der Waals surface area contributed by atoms with Crippen LogP contribution in [0, 0.1) is 0 Å². The van der Waals surface area contributed by atoms with Crippen LogP contribution in [0.4, 0.5) is 0 Å². The Labute approximate surface area is 135 Å². The molecule has 23 heavy (non-hydrogen) atoms. The minimum absolute atomic E-state index is 0.0812. The maximum atomic E-state index is 12.7. The Kier molecular flexibility index (Phi) is 4.70. The summed E-state index contributed by atoms with van der Waals surface area (Å²) >= 11 is 0. The molecule has 1 saturated carbocycles. The Morgan fingerprint density at radius 2 is 2.09 bits per heavy atom. The molecular weight excluding hydrogens is 298 g/mol. The van der Waals surface area contributed by atoms with Crippen molar-refractivity contribution >= 4 is 11.9 Å². The molecule has 1 aromatic heterocycles. The Morgan fingerprint density at radius 1 is 1.39 bits per heavy atom. The highest BCUT2D eigenvalue weighted by atomic mass is 16.6. The van der Waals surface area contributed by atoms with Crippen LogP contribution in [0.25, 0.3) is 0 Å². The molecule has 126 valence electrons. The molecule has 1 N–H and O–H groups in total. The highest BCUT2D eigenvalue weighted by Crippen LogP contribution is 2.49. The van der Waals surface area contributed by atoms with Crippen LogP contribution in [-0.4, -0.2) is 47.2 Å². The summed E-state index contributed by atoms with van der Waals surface area (Å²) in [7, 11) is 1.78. The molecule has 2 unspecified atom stereocenters. The van der Waals surface area contributed by atoms with Crippen molar-refractivity contribution in [1.82, 2.24) is 15.3 Å². The van der Waals surface area contributed by atoms with E-state index in [-0.39, 0.29) is 24.3 Å². The molecule has 1 heterocycles. The van der Waals surface area contributed by atoms with Crippen LogP contribution >= 0.6 is 0 Å². The van der Waals surface area contributed by atoms with Crippen LogP contribution in [0.5, 0.6) is 0 Å². The van der Waals surface area contributed by atoms with E-state index >= 15 is 0 Å². The summed E-state index contributed by atoms with van der Waals surface area (Å²) in [5.74, 6) is -0.880. The predicted molar refractivity (Wildman–Crippen MR) is 83.0 cm³/mol. The van der Waals surface area contributed by atoms with Gasteiger partial charge in [-0.25, -0.2) is 14.8 Å². The summed E-state index contributed by atoms with van der Waals surface area (Å²) in [6, 6.07) is 1.43. The number of rotatable bonds is 5. The number of nitrogens with zero attached hydrogens (tertiary/aromatic N) is 2. The second kappa shape index (κ2) is 6.23. The summed E-state index contributed by atoms with van der Waals surface area (Å²) < 4.78 is 10.5. The lowest BCUT2D eigenvalue weighted by atomic mass is 9.99. The number of likely N-dealkylation sites (N-methyl/N-ethyl adjacent to an activating group) is 1. The third kappa shape index (κ3) is 3.50. The van der Waals surface area contributed by atoms with E-state index in [1.54, 1.807) is 14.0 Å². The molecule has 0 aliphatic heterocycles. The van der Waals surface area contributed by atoms with E-state index in [1.807, 2.05) is 20.8 Å². The third-order valence-corrected chi connectivity index (χ3v) is 3.68. The van der Waals surface area contributed by atoms with E-state index in [9.17, 15) is 9.59 Å². The second-order valence-electron chi connectivity index (χ2n) is 6.53. The van der Waals surface area contributed by atoms with Gasteiger partial charge in [0.15, 0.2) is 5.69 Å². The van der Waals surface area contributed by atoms with Crippen molar-refractivity contribution in [2.75, 3.05) is 13.7 Å². The van der Waals surface area contributed by atoms with Gasteiger partial charge in [-0.1, -0.05) is 0 Å². The number of hydrogen-bond donors (Lipinski definition) is 1. The predicted octanol–water partition coefficient (Wildman–Crippen LogP) is 1.22. The average Bonchev–Trinajstić information content (AvgIpc) is 3.22. The van der Waals surface area contributed by atoms with Gasteiger partial charge in [-0.2, -0.15) is 0 Å². The highest BCUT2D eigenvalue weighted by Gasteiger charge is 2.63. The van der Waals surface area contributed by atoms with Gasteiger partial charge in [-0.05, 0) is 47.2 Å². The lowest BCUT2D eigenvalue weighted by Gasteiger charge is -2.24. The molecule has 1 fully saturated rings. The molecule has 1 aliphatic rings. The zero-order chi connectivity index (χ0) is 17.3. The fraction of sp³-hybridized carbons (Fsp3) is 0.625. The van der Waals surface area contributed by atoms with E-state index in [4.69, 9.17) is 9.47 Å². The van der Waals surface area contributed by atoms with E-state index in [1.165, 1.54) is 12.4 Å². The first-order valence-corrected chi connectivity index (χ1v) is 7.65. The van der Waals surface area contributed by atoms with Gasteiger partial charge in [-0.3, -0.25) is 4.79 Å². The molecule has 0 saturated heterocycles. The van der Waals surface area contributed by atoms with Crippen molar-refractivity contribution in [2.24, 2.45) is 0 Å². The number of ether oxygens (including phenoxy) is 2. The first-order valence-electron chi connectivity index (χ1n) is 7.65. The fourth-order valence-electron chi connectivity index (χ4n) is 2.51. The SMILES string of the molecule is CCOC(=O)c1cc(C2(C(=O)OC(C)(C)C)CC2NC)ncn1. The summed E-state index contributed by atoms with van der Waals surface area (Å²) in [6.45, 7) is 7.44. The lowest BCUT2D eigenvalue weighted by Crippen LogP contribution is -2.37. The first-order chi connectivity index (χ1) is 10.7. The van der Waals surface area contributed by atoms with Crippen molar-refractivity contribution in [1.29, 1.82) is 0 Å². The summed E-state index contributed by atoms with van der Waals surface area (Å²) in [6.07, 6.45) is 1.84. The van der Waals surface area contributed by atoms with Gasteiger partial charge in [0.25, 0.3) is 0 Å². The van der Waals surface area contributed by atoms with Crippen LogP contribution in [0.2, 0.25) is 0 Å². The van der Waals surface area contributed by atoms with Crippen LogP contribution in [0.3, 0.4) is 0 Å². The van der Waals surface area contributed by atoms with E-state index in [0.717, 1.165) is 0 Å². The van der Waals surface area contributed by atoms with Crippen molar-refractivity contribution in [3.8, 4) is 0 Å². The van der Waals surface area contributed by atoms with Gasteiger partial charge in [0.1, 0.15) is 17.3 Å². The Hall–Kier alpha value is -2.02. The van der Waals surface area contributed by atoms with Gasteiger partial charge in [0.2, 0.25) is 0 Å². The molecule has 2 rings (SSSR count). The molecule has 1 aromatic rings. The largest absolute Gasteiger partial charge is 0.461 e. The number of carbonyl (C=O) groups excluding carboxylic acids is 2. The maximum Gasteiger partial charge on any atom is 0.357 e. The van der Waals surface area contributed by atoms with Crippen molar-refractivity contribution in [2.45, 2.75) is 51.2 Å². The molecule has 2 atom stereocenters. The number of esters is 2. The van der Waals surface area contributed by atoms with E-state index < -0.39 is 17.0 Å². The minimum atomic E-state index is -0.883. The highest BCUT2D eigenvalue weighted by molar-refractivity contribution is 5.91. The number of hydrogen-bond acceptors (Lipinski definition) is 7. The standard InChI is InChI=1S/C16H23N3O4/c1-6-22-13(20)10-7-11(19-9-18-10)16(8-12(16)17-5)14(21)23-15(2,3)4/h7,9,12,17H,6,8H2,1-5H3. The molecule has 0 radical (unpaired) electrons. The Morgan fingerprint density at radius 3 is 2.61 bits per heavy atom. The Balaban J connectivity index is 2.34. The second-order valence-corrected chi connectivity index (χ2v) is 6.53. The summed E-state index contributed by atoms with van der Waals surface area (Å²) in [4.78, 5) is 32.7. The van der Waals surface area contributed by atoms with Crippen LogP contribution in [-0.2, 0) is 19.7 Å². The molecule has 1 aliphatic carbocycles. The summed E-state index contributed by atoms with van der Waals surface area (Å²) in [5, 5.41) is 3.09. The number of nitrogens with one attached hydrogen (secondary N) is 1. The van der Waals surface area contributed by atoms with Gasteiger partial charge >= 0.3 is 11.9 Å². The molecular formula is C16H23N3O4. The zero-order valence-corrected chi connectivity index (χ0v) is 14.2. The van der Waals surface area contributed by atoms with Crippen LogP contribution < -0.4 is 5.32 Å². The van der Waals surface area contributed by atoms with Gasteiger partial charge in [0, 0.05) is 6.04 Å². The van der Waals surface area contributed by atoms with Gasteiger partial charge in [0.05, 0.1) is 12.3 Å². The monoisotopic (exact) mass is 321 g/mol. The fourth-order valence-corrected chi connectivity index (χ4v) is 2.51. The number of carbonyl (C=O) groups is 2. The minimum Gasteiger partial charge on any atom is -0.461 e. The molecule has 0 bridgehead atoms. The summed E-state index contributed by atoms with van der Waals surface area (Å²) in [5.41, 5.74) is -0.862. The van der Waals surface area contributed by atoms with Crippen LogP contribution in [0.15, 0.2) is 12.4 Å². The average molecular weight is 321 g/mol. The smallest absolute Gasteiger partial charge is 0.357 e. The van der Waals surface area contributed by atoms with Crippen molar-refractivity contribution in [3.63, 3.8) is 0 Å². The van der Waals surface area contributed by atoms with Gasteiger partial charge in [-0.15, -0.1) is 0 Å². The van der Waals surface area contributed by atoms with Crippen molar-refractivity contribution < 1.29 is 19.1 Å². The number of aromatic nitrogens is 2. The topological polar surface area (TPSA) is 90.4 Å². The zero-order valence-electron chi connectivity index (χ0n) is 14.2. The van der Waals surface area contributed by atoms with E-state index in [2.05, 4.69) is 15.3 Å². The maximum absolute atomic E-state index is 12.7. The molecule has 7 heteroatoms. The lowest BCUT2D eigenvalue weighted by molar-refractivity contribution is -0.158. The molecule has 7 nitrogen and oxygen atoms in total. The normalized spacial score (nSPS) is 23.3. The van der Waals surface area contributed by atoms with Gasteiger partial charge < -0.3 is 14.8 Å².